The molecular weight excluding hydrogens is 232 g/mol. The third kappa shape index (κ3) is 2.73. The van der Waals surface area contributed by atoms with E-state index in [4.69, 9.17) is 5.73 Å². The van der Waals surface area contributed by atoms with Gasteiger partial charge in [0.2, 0.25) is 0 Å². The monoisotopic (exact) mass is 250 g/mol. The second-order valence-corrected chi connectivity index (χ2v) is 5.29. The molecule has 5 heteroatoms. The lowest BCUT2D eigenvalue weighted by Gasteiger charge is -2.09. The minimum absolute atomic E-state index is 0.0138. The average Bonchev–Trinajstić information content (AvgIpc) is 2.84. The van der Waals surface area contributed by atoms with Crippen LogP contribution in [0.15, 0.2) is 11.6 Å². The largest absolute Gasteiger partial charge is 0.324 e. The van der Waals surface area contributed by atoms with Gasteiger partial charge in [0.1, 0.15) is 0 Å². The summed E-state index contributed by atoms with van der Waals surface area (Å²) in [5, 5.41) is 7.59. The first-order chi connectivity index (χ1) is 8.10. The first-order valence-electron chi connectivity index (χ1n) is 5.79. The van der Waals surface area contributed by atoms with Crippen molar-refractivity contribution in [2.75, 3.05) is 0 Å². The van der Waals surface area contributed by atoms with Crippen molar-refractivity contribution in [3.05, 3.63) is 33.5 Å². The van der Waals surface area contributed by atoms with Crippen LogP contribution in [0.2, 0.25) is 0 Å². The van der Waals surface area contributed by atoms with Gasteiger partial charge in [-0.3, -0.25) is 4.68 Å². The summed E-state index contributed by atoms with van der Waals surface area (Å²) in [5.41, 5.74) is 9.54. The number of hydrogen-bond donors (Lipinski definition) is 1. The Morgan fingerprint density at radius 1 is 1.53 bits per heavy atom. The van der Waals surface area contributed by atoms with Gasteiger partial charge in [-0.05, 0) is 13.3 Å². The summed E-state index contributed by atoms with van der Waals surface area (Å²) < 4.78 is 1.83. The van der Waals surface area contributed by atoms with Crippen molar-refractivity contribution in [1.29, 1.82) is 0 Å². The van der Waals surface area contributed by atoms with Gasteiger partial charge in [-0.15, -0.1) is 11.3 Å². The van der Waals surface area contributed by atoms with Crippen LogP contribution in [0.3, 0.4) is 0 Å². The van der Waals surface area contributed by atoms with Crippen LogP contribution < -0.4 is 5.73 Å². The Kier molecular flexibility index (Phi) is 3.59. The lowest BCUT2D eigenvalue weighted by atomic mass is 10.0. The van der Waals surface area contributed by atoms with Crippen molar-refractivity contribution < 1.29 is 0 Å². The maximum Gasteiger partial charge on any atom is 0.0897 e. The van der Waals surface area contributed by atoms with Gasteiger partial charge in [0.15, 0.2) is 0 Å². The Hall–Kier alpha value is -1.20. The fourth-order valence-corrected chi connectivity index (χ4v) is 2.60. The summed E-state index contributed by atoms with van der Waals surface area (Å²) in [6.45, 7) is 4.12. The van der Waals surface area contributed by atoms with Crippen LogP contribution in [0.1, 0.15) is 34.9 Å². The predicted molar refractivity (Wildman–Crippen MR) is 70.1 cm³/mol. The molecule has 0 fully saturated rings. The van der Waals surface area contributed by atoms with Gasteiger partial charge in [0, 0.05) is 36.7 Å². The van der Waals surface area contributed by atoms with E-state index in [1.807, 2.05) is 24.9 Å². The van der Waals surface area contributed by atoms with E-state index in [2.05, 4.69) is 22.4 Å². The zero-order valence-electron chi connectivity index (χ0n) is 10.5. The van der Waals surface area contributed by atoms with Crippen LogP contribution in [0, 0.1) is 6.92 Å². The smallest absolute Gasteiger partial charge is 0.0897 e. The van der Waals surface area contributed by atoms with Crippen molar-refractivity contribution in [2.24, 2.45) is 12.8 Å². The predicted octanol–water partition coefficient (Wildman–Crippen LogP) is 1.99. The van der Waals surface area contributed by atoms with Gasteiger partial charge in [0.05, 0.1) is 16.4 Å². The van der Waals surface area contributed by atoms with Crippen LogP contribution in [0.4, 0.5) is 0 Å². The summed E-state index contributed by atoms with van der Waals surface area (Å²) in [5.74, 6) is 0. The lowest BCUT2D eigenvalue weighted by molar-refractivity contribution is 0.699. The van der Waals surface area contributed by atoms with Gasteiger partial charge in [-0.1, -0.05) is 6.92 Å². The van der Waals surface area contributed by atoms with Gasteiger partial charge in [-0.25, -0.2) is 4.98 Å². The highest BCUT2D eigenvalue weighted by Gasteiger charge is 2.15. The Bertz CT molecular complexity index is 500. The Morgan fingerprint density at radius 2 is 2.29 bits per heavy atom. The molecule has 4 nitrogen and oxygen atoms in total. The summed E-state index contributed by atoms with van der Waals surface area (Å²) in [6.07, 6.45) is 3.71. The van der Waals surface area contributed by atoms with E-state index in [0.717, 1.165) is 34.8 Å². The third-order valence-electron chi connectivity index (χ3n) is 2.77. The SMILES string of the molecule is CCc1nn(C)cc1C(N)Cc1csc(C)n1. The molecule has 1 unspecified atom stereocenters. The Morgan fingerprint density at radius 3 is 2.88 bits per heavy atom. The molecule has 0 spiro atoms. The first kappa shape index (κ1) is 12.3. The molecule has 2 aromatic rings. The lowest BCUT2D eigenvalue weighted by Crippen LogP contribution is -2.14. The third-order valence-corrected chi connectivity index (χ3v) is 3.59. The van der Waals surface area contributed by atoms with Gasteiger partial charge >= 0.3 is 0 Å². The highest BCUT2D eigenvalue weighted by molar-refractivity contribution is 7.09. The quantitative estimate of drug-likeness (QED) is 0.903. The molecule has 0 saturated carbocycles. The van der Waals surface area contributed by atoms with Crippen LogP contribution in [-0.4, -0.2) is 14.8 Å². The molecule has 17 heavy (non-hydrogen) atoms. The zero-order chi connectivity index (χ0) is 12.4. The van der Waals surface area contributed by atoms with E-state index >= 15 is 0 Å². The Balaban J connectivity index is 2.16. The molecule has 0 aliphatic carbocycles. The minimum Gasteiger partial charge on any atom is -0.324 e. The highest BCUT2D eigenvalue weighted by atomic mass is 32.1. The standard InChI is InChI=1S/C12H18N4S/c1-4-12-10(6-16(3)15-12)11(13)5-9-7-17-8(2)14-9/h6-7,11H,4-5,13H2,1-3H3. The van der Waals surface area contributed by atoms with Crippen LogP contribution in [0.5, 0.6) is 0 Å². The van der Waals surface area contributed by atoms with E-state index in [9.17, 15) is 0 Å². The maximum absolute atomic E-state index is 6.24. The molecule has 0 saturated heterocycles. The number of hydrogen-bond acceptors (Lipinski definition) is 4. The molecule has 0 radical (unpaired) electrons. The number of nitrogens with two attached hydrogens (primary N) is 1. The van der Waals surface area contributed by atoms with E-state index in [0.29, 0.717) is 0 Å². The number of rotatable bonds is 4. The zero-order valence-corrected chi connectivity index (χ0v) is 11.3. The van der Waals surface area contributed by atoms with E-state index < -0.39 is 0 Å². The van der Waals surface area contributed by atoms with Crippen molar-refractivity contribution in [3.63, 3.8) is 0 Å². The molecule has 0 aliphatic rings. The molecule has 0 aliphatic heterocycles. The van der Waals surface area contributed by atoms with Crippen LogP contribution in [0.25, 0.3) is 0 Å². The summed E-state index contributed by atoms with van der Waals surface area (Å²) in [7, 11) is 1.93. The van der Waals surface area contributed by atoms with E-state index in [1.165, 1.54) is 0 Å². The van der Waals surface area contributed by atoms with Crippen LogP contribution in [-0.2, 0) is 19.9 Å². The number of nitrogens with zero attached hydrogens (tertiary/aromatic N) is 3. The van der Waals surface area contributed by atoms with Gasteiger partial charge < -0.3 is 5.73 Å². The fraction of sp³-hybridized carbons (Fsp3) is 0.500. The maximum atomic E-state index is 6.24. The summed E-state index contributed by atoms with van der Waals surface area (Å²) in [4.78, 5) is 4.45. The summed E-state index contributed by atoms with van der Waals surface area (Å²) >= 11 is 1.67. The van der Waals surface area contributed by atoms with Crippen molar-refractivity contribution in [2.45, 2.75) is 32.7 Å². The topological polar surface area (TPSA) is 56.7 Å². The molecule has 0 aromatic carbocycles. The normalized spacial score (nSPS) is 12.9. The number of aromatic nitrogens is 3. The first-order valence-corrected chi connectivity index (χ1v) is 6.67. The molecule has 2 aromatic heterocycles. The Labute approximate surface area is 105 Å². The van der Waals surface area contributed by atoms with Crippen molar-refractivity contribution in [1.82, 2.24) is 14.8 Å². The van der Waals surface area contributed by atoms with Crippen molar-refractivity contribution >= 4 is 11.3 Å². The number of aryl methyl sites for hydroxylation is 3. The minimum atomic E-state index is -0.0138. The second kappa shape index (κ2) is 4.98. The fourth-order valence-electron chi connectivity index (χ4n) is 1.97. The molecule has 0 bridgehead atoms. The molecule has 92 valence electrons. The molecule has 2 rings (SSSR count). The van der Waals surface area contributed by atoms with Gasteiger partial charge in [-0.2, -0.15) is 5.10 Å². The van der Waals surface area contributed by atoms with Crippen LogP contribution >= 0.6 is 11.3 Å². The highest BCUT2D eigenvalue weighted by Crippen LogP contribution is 2.20. The second-order valence-electron chi connectivity index (χ2n) is 4.23. The van der Waals surface area contributed by atoms with Gasteiger partial charge in [0.25, 0.3) is 0 Å². The van der Waals surface area contributed by atoms with E-state index in [1.54, 1.807) is 11.3 Å². The van der Waals surface area contributed by atoms with Crippen molar-refractivity contribution in [3.8, 4) is 0 Å². The molecule has 2 N–H and O–H groups in total. The number of thiazole rings is 1. The average molecular weight is 250 g/mol. The van der Waals surface area contributed by atoms with E-state index in [-0.39, 0.29) is 6.04 Å². The molecule has 2 heterocycles. The molecular formula is C12H18N4S. The molecule has 0 amide bonds. The summed E-state index contributed by atoms with van der Waals surface area (Å²) in [6, 6.07) is -0.0138. The molecule has 1 atom stereocenters.